The predicted octanol–water partition coefficient (Wildman–Crippen LogP) is 0.332. The fraction of sp³-hybridized carbons (Fsp3) is 0.625. The van der Waals surface area contributed by atoms with Gasteiger partial charge < -0.3 is 10.6 Å². The summed E-state index contributed by atoms with van der Waals surface area (Å²) in [5.41, 5.74) is 1.60. The van der Waals surface area contributed by atoms with Crippen LogP contribution in [-0.4, -0.2) is 29.2 Å². The van der Waals surface area contributed by atoms with E-state index in [2.05, 4.69) is 27.8 Å². The molecule has 1 aliphatic rings. The van der Waals surface area contributed by atoms with E-state index in [0.717, 1.165) is 13.1 Å². The molecular formula is C8H12N4OS. The van der Waals surface area contributed by atoms with E-state index < -0.39 is 0 Å². The standard InChI is InChI=1S/C8H12N4OS/c1-5-2-9-3-6(5)7(13)11-8-12-10-4-14-8/h4-6,9H,2-3H2,1H3,(H,11,12,13). The Morgan fingerprint density at radius 1 is 1.71 bits per heavy atom. The Labute approximate surface area is 85.9 Å². The Balaban J connectivity index is 1.95. The van der Waals surface area contributed by atoms with E-state index in [-0.39, 0.29) is 11.8 Å². The van der Waals surface area contributed by atoms with Crippen LogP contribution in [0.5, 0.6) is 0 Å². The molecule has 5 nitrogen and oxygen atoms in total. The third-order valence-corrected chi connectivity index (χ3v) is 3.05. The van der Waals surface area contributed by atoms with Gasteiger partial charge in [-0.25, -0.2) is 0 Å². The van der Waals surface area contributed by atoms with Gasteiger partial charge in [0, 0.05) is 6.54 Å². The first kappa shape index (κ1) is 9.54. The van der Waals surface area contributed by atoms with Crippen LogP contribution in [0.1, 0.15) is 6.92 Å². The maximum absolute atomic E-state index is 11.7. The molecule has 1 saturated heterocycles. The number of amides is 1. The van der Waals surface area contributed by atoms with Gasteiger partial charge in [-0.05, 0) is 12.5 Å². The van der Waals surface area contributed by atoms with Crippen LogP contribution in [0.2, 0.25) is 0 Å². The number of anilines is 1. The minimum absolute atomic E-state index is 0.0410. The summed E-state index contributed by atoms with van der Waals surface area (Å²) in [6, 6.07) is 0. The van der Waals surface area contributed by atoms with Crippen molar-refractivity contribution in [1.29, 1.82) is 0 Å². The van der Waals surface area contributed by atoms with E-state index in [1.54, 1.807) is 5.51 Å². The molecule has 1 aromatic heterocycles. The molecule has 1 aliphatic heterocycles. The summed E-state index contributed by atoms with van der Waals surface area (Å²) in [4.78, 5) is 11.7. The van der Waals surface area contributed by atoms with Crippen LogP contribution < -0.4 is 10.6 Å². The Bertz CT molecular complexity index is 313. The topological polar surface area (TPSA) is 66.9 Å². The summed E-state index contributed by atoms with van der Waals surface area (Å²) in [5.74, 6) is 0.487. The van der Waals surface area contributed by atoms with Crippen molar-refractivity contribution in [3.8, 4) is 0 Å². The first-order valence-electron chi connectivity index (χ1n) is 4.55. The molecule has 1 aromatic rings. The highest BCUT2D eigenvalue weighted by molar-refractivity contribution is 7.13. The Morgan fingerprint density at radius 2 is 2.57 bits per heavy atom. The van der Waals surface area contributed by atoms with Crippen LogP contribution in [0.25, 0.3) is 0 Å². The van der Waals surface area contributed by atoms with Crippen LogP contribution >= 0.6 is 11.3 Å². The van der Waals surface area contributed by atoms with Gasteiger partial charge in [0.2, 0.25) is 11.0 Å². The van der Waals surface area contributed by atoms with Crippen molar-refractivity contribution in [2.45, 2.75) is 6.92 Å². The molecule has 2 unspecified atom stereocenters. The molecule has 0 saturated carbocycles. The molecule has 14 heavy (non-hydrogen) atoms. The van der Waals surface area contributed by atoms with E-state index in [4.69, 9.17) is 0 Å². The van der Waals surface area contributed by atoms with Crippen molar-refractivity contribution in [3.63, 3.8) is 0 Å². The summed E-state index contributed by atoms with van der Waals surface area (Å²) in [6.45, 7) is 3.74. The highest BCUT2D eigenvalue weighted by Gasteiger charge is 2.29. The zero-order chi connectivity index (χ0) is 9.97. The molecule has 1 amide bonds. The molecule has 0 aromatic carbocycles. The molecule has 0 bridgehead atoms. The number of carbonyl (C=O) groups excluding carboxylic acids is 1. The molecule has 76 valence electrons. The lowest BCUT2D eigenvalue weighted by Gasteiger charge is -2.11. The highest BCUT2D eigenvalue weighted by Crippen LogP contribution is 2.18. The lowest BCUT2D eigenvalue weighted by atomic mass is 9.97. The average Bonchev–Trinajstić information content (AvgIpc) is 2.75. The second-order valence-electron chi connectivity index (χ2n) is 3.48. The van der Waals surface area contributed by atoms with Gasteiger partial charge in [-0.2, -0.15) is 0 Å². The van der Waals surface area contributed by atoms with E-state index in [9.17, 15) is 4.79 Å². The van der Waals surface area contributed by atoms with E-state index in [1.165, 1.54) is 11.3 Å². The zero-order valence-corrected chi connectivity index (χ0v) is 8.67. The zero-order valence-electron chi connectivity index (χ0n) is 7.86. The fourth-order valence-electron chi connectivity index (χ4n) is 1.59. The molecule has 0 aliphatic carbocycles. The predicted molar refractivity (Wildman–Crippen MR) is 54.1 cm³/mol. The SMILES string of the molecule is CC1CNCC1C(=O)Nc1nncs1. The minimum Gasteiger partial charge on any atom is -0.316 e. The van der Waals surface area contributed by atoms with Crippen LogP contribution in [0.15, 0.2) is 5.51 Å². The van der Waals surface area contributed by atoms with Crippen molar-refractivity contribution >= 4 is 22.4 Å². The third kappa shape index (κ3) is 1.91. The molecule has 2 atom stereocenters. The molecular weight excluding hydrogens is 200 g/mol. The Hall–Kier alpha value is -1.01. The number of nitrogens with zero attached hydrogens (tertiary/aromatic N) is 2. The monoisotopic (exact) mass is 212 g/mol. The quantitative estimate of drug-likeness (QED) is 0.741. The van der Waals surface area contributed by atoms with Crippen molar-refractivity contribution in [1.82, 2.24) is 15.5 Å². The Morgan fingerprint density at radius 3 is 3.14 bits per heavy atom. The third-order valence-electron chi connectivity index (χ3n) is 2.44. The van der Waals surface area contributed by atoms with Crippen LogP contribution in [0.4, 0.5) is 5.13 Å². The van der Waals surface area contributed by atoms with E-state index >= 15 is 0 Å². The van der Waals surface area contributed by atoms with Gasteiger partial charge in [0.1, 0.15) is 5.51 Å². The smallest absolute Gasteiger partial charge is 0.230 e. The molecule has 1 fully saturated rings. The van der Waals surface area contributed by atoms with Crippen molar-refractivity contribution < 1.29 is 4.79 Å². The molecule has 2 rings (SSSR count). The minimum atomic E-state index is 0.0410. The normalized spacial score (nSPS) is 26.4. The molecule has 0 radical (unpaired) electrons. The second-order valence-corrected chi connectivity index (χ2v) is 4.31. The lowest BCUT2D eigenvalue weighted by Crippen LogP contribution is -2.27. The molecule has 0 spiro atoms. The van der Waals surface area contributed by atoms with Gasteiger partial charge >= 0.3 is 0 Å². The number of aromatic nitrogens is 2. The van der Waals surface area contributed by atoms with Gasteiger partial charge in [0.05, 0.1) is 5.92 Å². The number of hydrogen-bond acceptors (Lipinski definition) is 5. The fourth-order valence-corrected chi connectivity index (χ4v) is 2.03. The maximum Gasteiger partial charge on any atom is 0.230 e. The first-order chi connectivity index (χ1) is 6.77. The summed E-state index contributed by atoms with van der Waals surface area (Å²) < 4.78 is 0. The van der Waals surface area contributed by atoms with Gasteiger partial charge in [0.25, 0.3) is 0 Å². The van der Waals surface area contributed by atoms with Gasteiger partial charge in [-0.15, -0.1) is 10.2 Å². The second kappa shape index (κ2) is 4.02. The molecule has 2 heterocycles. The van der Waals surface area contributed by atoms with E-state index in [0.29, 0.717) is 11.0 Å². The number of nitrogens with one attached hydrogen (secondary N) is 2. The largest absolute Gasteiger partial charge is 0.316 e. The molecule has 2 N–H and O–H groups in total. The number of carbonyl (C=O) groups is 1. The van der Waals surface area contributed by atoms with E-state index in [1.807, 2.05) is 0 Å². The van der Waals surface area contributed by atoms with Crippen LogP contribution in [0, 0.1) is 11.8 Å². The lowest BCUT2D eigenvalue weighted by molar-refractivity contribution is -0.120. The number of rotatable bonds is 2. The van der Waals surface area contributed by atoms with Crippen molar-refractivity contribution in [2.75, 3.05) is 18.4 Å². The average molecular weight is 212 g/mol. The first-order valence-corrected chi connectivity index (χ1v) is 5.43. The summed E-state index contributed by atoms with van der Waals surface area (Å²) in [6.07, 6.45) is 0. The molecule has 6 heteroatoms. The van der Waals surface area contributed by atoms with Crippen LogP contribution in [-0.2, 0) is 4.79 Å². The van der Waals surface area contributed by atoms with Gasteiger partial charge in [-0.1, -0.05) is 18.3 Å². The summed E-state index contributed by atoms with van der Waals surface area (Å²) in [7, 11) is 0. The van der Waals surface area contributed by atoms with Gasteiger partial charge in [0.15, 0.2) is 0 Å². The van der Waals surface area contributed by atoms with Gasteiger partial charge in [-0.3, -0.25) is 4.79 Å². The highest BCUT2D eigenvalue weighted by atomic mass is 32.1. The Kier molecular flexibility index (Phi) is 2.74. The van der Waals surface area contributed by atoms with Crippen molar-refractivity contribution in [2.24, 2.45) is 11.8 Å². The van der Waals surface area contributed by atoms with Crippen molar-refractivity contribution in [3.05, 3.63) is 5.51 Å². The summed E-state index contributed by atoms with van der Waals surface area (Å²) in [5, 5.41) is 14.0. The summed E-state index contributed by atoms with van der Waals surface area (Å²) >= 11 is 1.34. The van der Waals surface area contributed by atoms with Crippen LogP contribution in [0.3, 0.4) is 0 Å². The maximum atomic E-state index is 11.7. The number of hydrogen-bond donors (Lipinski definition) is 2.